The van der Waals surface area contributed by atoms with Crippen LogP contribution in [0.3, 0.4) is 0 Å². The molecule has 3 atom stereocenters. The molecule has 0 bridgehead atoms. The van der Waals surface area contributed by atoms with Gasteiger partial charge in [-0.2, -0.15) is 0 Å². The topological polar surface area (TPSA) is 104 Å². The fourth-order valence-corrected chi connectivity index (χ4v) is 1.04. The Kier molecular flexibility index (Phi) is 4.31. The molecule has 0 aromatic heterocycles. The molecule has 8 heteroatoms. The van der Waals surface area contributed by atoms with E-state index in [1.165, 1.54) is 0 Å². The predicted octanol–water partition coefficient (Wildman–Crippen LogP) is -0.872. The van der Waals surface area contributed by atoms with Crippen LogP contribution < -0.4 is 0 Å². The molecule has 0 amide bonds. The molecule has 6 nitrogen and oxygen atoms in total. The highest BCUT2D eigenvalue weighted by atomic mass is 31.1. The molecular formula is CH6O6P2. The minimum absolute atomic E-state index is 2.02. The third kappa shape index (κ3) is 4.78. The van der Waals surface area contributed by atoms with Crippen molar-refractivity contribution in [3.63, 3.8) is 0 Å². The Balaban J connectivity index is 3.63. The van der Waals surface area contributed by atoms with Gasteiger partial charge >= 0.3 is 8.25 Å². The van der Waals surface area contributed by atoms with Crippen molar-refractivity contribution in [1.29, 1.82) is 0 Å². The van der Waals surface area contributed by atoms with Crippen molar-refractivity contribution >= 4 is 16.3 Å². The van der Waals surface area contributed by atoms with Crippen LogP contribution in [0.15, 0.2) is 0 Å². The van der Waals surface area contributed by atoms with E-state index in [-0.39, 0.29) is 0 Å². The summed E-state index contributed by atoms with van der Waals surface area (Å²) >= 11 is 0. The van der Waals surface area contributed by atoms with Gasteiger partial charge in [0, 0.05) is 0 Å². The minimum atomic E-state index is -3.31. The summed E-state index contributed by atoms with van der Waals surface area (Å²) in [6.07, 6.45) is 0. The van der Waals surface area contributed by atoms with Gasteiger partial charge < -0.3 is 14.9 Å². The van der Waals surface area contributed by atoms with E-state index in [4.69, 9.17) is 14.9 Å². The van der Waals surface area contributed by atoms with E-state index >= 15 is 0 Å². The molecule has 0 saturated heterocycles. The average molecular weight is 176 g/mol. The zero-order valence-corrected chi connectivity index (χ0v) is 6.14. The quantitative estimate of drug-likeness (QED) is 0.381. The Morgan fingerprint density at radius 1 is 1.33 bits per heavy atom. The first-order valence-electron chi connectivity index (χ1n) is 1.84. The first-order valence-corrected chi connectivity index (χ1v) is 4.54. The lowest BCUT2D eigenvalue weighted by Crippen LogP contribution is -1.99. The average Bonchev–Trinajstić information content (AvgIpc) is 1.63. The first-order chi connectivity index (χ1) is 4.04. The zero-order valence-electron chi connectivity index (χ0n) is 4.14. The number of hydrogen-bond acceptors (Lipinski definition) is 4. The van der Waals surface area contributed by atoms with Crippen LogP contribution in [0.25, 0.3) is 0 Å². The Labute approximate surface area is 51.9 Å². The van der Waals surface area contributed by atoms with Crippen molar-refractivity contribution < 1.29 is 28.5 Å². The third-order valence-electron chi connectivity index (χ3n) is 0.424. The standard InChI is InChI=1S/CH6O6P2/c2-1(8(3)4)7-9(5)6/h1-2,8-9H,(H,3,4)(H,5,6). The summed E-state index contributed by atoms with van der Waals surface area (Å²) in [7, 11) is -6.57. The lowest BCUT2D eigenvalue weighted by molar-refractivity contribution is 0.0443. The summed E-state index contributed by atoms with van der Waals surface area (Å²) in [6, 6.07) is -2.02. The van der Waals surface area contributed by atoms with Gasteiger partial charge in [0.05, 0.1) is 0 Å². The Bertz CT molecular complexity index is 131. The van der Waals surface area contributed by atoms with Crippen molar-refractivity contribution in [3.8, 4) is 0 Å². The van der Waals surface area contributed by atoms with Gasteiger partial charge in [-0.25, -0.2) is 0 Å². The molecule has 0 fully saturated rings. The van der Waals surface area contributed by atoms with Gasteiger partial charge in [0.2, 0.25) is 14.1 Å². The lowest BCUT2D eigenvalue weighted by atomic mass is 11.5. The van der Waals surface area contributed by atoms with E-state index < -0.39 is 22.3 Å². The van der Waals surface area contributed by atoms with Crippen molar-refractivity contribution in [2.75, 3.05) is 0 Å². The third-order valence-corrected chi connectivity index (χ3v) is 1.62. The van der Waals surface area contributed by atoms with Crippen molar-refractivity contribution in [1.82, 2.24) is 0 Å². The maximum absolute atomic E-state index is 9.81. The van der Waals surface area contributed by atoms with Gasteiger partial charge in [0.1, 0.15) is 0 Å². The molecule has 0 aliphatic carbocycles. The fourth-order valence-electron chi connectivity index (χ4n) is 0.146. The van der Waals surface area contributed by atoms with Crippen LogP contribution in [0.1, 0.15) is 0 Å². The van der Waals surface area contributed by atoms with E-state index in [1.807, 2.05) is 0 Å². The monoisotopic (exact) mass is 176 g/mol. The van der Waals surface area contributed by atoms with Crippen molar-refractivity contribution in [2.45, 2.75) is 6.03 Å². The second-order valence-corrected chi connectivity index (χ2v) is 3.01. The van der Waals surface area contributed by atoms with E-state index in [0.29, 0.717) is 0 Å². The molecule has 56 valence electrons. The number of aliphatic hydroxyl groups excluding tert-OH is 1. The molecule has 3 N–H and O–H groups in total. The summed E-state index contributed by atoms with van der Waals surface area (Å²) in [6.45, 7) is 0. The van der Waals surface area contributed by atoms with Crippen LogP contribution in [0.2, 0.25) is 0 Å². The summed E-state index contributed by atoms with van der Waals surface area (Å²) in [5.41, 5.74) is 0. The van der Waals surface area contributed by atoms with E-state index in [0.717, 1.165) is 0 Å². The second-order valence-electron chi connectivity index (χ2n) is 1.07. The van der Waals surface area contributed by atoms with Crippen molar-refractivity contribution in [2.24, 2.45) is 0 Å². The Morgan fingerprint density at radius 3 is 1.89 bits per heavy atom. The molecule has 0 radical (unpaired) electrons. The number of rotatable bonds is 3. The Morgan fingerprint density at radius 2 is 1.78 bits per heavy atom. The van der Waals surface area contributed by atoms with Gasteiger partial charge in [-0.1, -0.05) is 0 Å². The first kappa shape index (κ1) is 9.30. The predicted molar refractivity (Wildman–Crippen MR) is 29.5 cm³/mol. The van der Waals surface area contributed by atoms with Crippen LogP contribution in [0.4, 0.5) is 0 Å². The molecule has 9 heavy (non-hydrogen) atoms. The molecule has 0 spiro atoms. The number of hydrogen-bond donors (Lipinski definition) is 3. The summed E-state index contributed by atoms with van der Waals surface area (Å²) < 4.78 is 23.1. The summed E-state index contributed by atoms with van der Waals surface area (Å²) in [5, 5.41) is 8.22. The summed E-state index contributed by atoms with van der Waals surface area (Å²) in [4.78, 5) is 15.9. The molecule has 3 unspecified atom stereocenters. The largest absolute Gasteiger partial charge is 0.360 e. The Hall–Kier alpha value is 0.300. The number of aliphatic hydroxyl groups is 1. The molecule has 0 aromatic carbocycles. The SMILES string of the molecule is O=[PH](O)OC(O)[PH](=O)O. The maximum Gasteiger partial charge on any atom is 0.319 e. The van der Waals surface area contributed by atoms with E-state index in [1.54, 1.807) is 0 Å². The van der Waals surface area contributed by atoms with Gasteiger partial charge in [0.25, 0.3) is 0 Å². The smallest absolute Gasteiger partial charge is 0.319 e. The molecule has 0 aliphatic rings. The van der Waals surface area contributed by atoms with Crippen LogP contribution >= 0.6 is 16.3 Å². The van der Waals surface area contributed by atoms with Gasteiger partial charge in [-0.3, -0.25) is 13.7 Å². The molecule has 0 saturated carbocycles. The van der Waals surface area contributed by atoms with Crippen molar-refractivity contribution in [3.05, 3.63) is 0 Å². The van der Waals surface area contributed by atoms with Crippen LogP contribution in [0.5, 0.6) is 0 Å². The van der Waals surface area contributed by atoms with Crippen LogP contribution in [0, 0.1) is 0 Å². The van der Waals surface area contributed by atoms with Gasteiger partial charge in [-0.05, 0) is 0 Å². The van der Waals surface area contributed by atoms with Crippen LogP contribution in [-0.4, -0.2) is 20.9 Å². The lowest BCUT2D eigenvalue weighted by Gasteiger charge is -2.02. The molecule has 0 rings (SSSR count). The van der Waals surface area contributed by atoms with E-state index in [9.17, 15) is 9.13 Å². The second kappa shape index (κ2) is 4.17. The van der Waals surface area contributed by atoms with Gasteiger partial charge in [-0.15, -0.1) is 0 Å². The molecule has 0 aromatic rings. The normalized spacial score (nSPS) is 20.8. The van der Waals surface area contributed by atoms with Crippen LogP contribution in [-0.2, 0) is 13.7 Å². The minimum Gasteiger partial charge on any atom is -0.360 e. The molecular weight excluding hydrogens is 170 g/mol. The fraction of sp³-hybridized carbons (Fsp3) is 1.00. The van der Waals surface area contributed by atoms with E-state index in [2.05, 4.69) is 4.52 Å². The summed E-state index contributed by atoms with van der Waals surface area (Å²) in [5.74, 6) is 0. The highest BCUT2D eigenvalue weighted by molar-refractivity contribution is 7.39. The molecule has 0 heterocycles. The highest BCUT2D eigenvalue weighted by Gasteiger charge is 2.11. The zero-order chi connectivity index (χ0) is 7.44. The molecule has 0 aliphatic heterocycles. The maximum atomic E-state index is 9.81. The highest BCUT2D eigenvalue weighted by Crippen LogP contribution is 2.29. The van der Waals surface area contributed by atoms with Gasteiger partial charge in [0.15, 0.2) is 0 Å².